The molecular weight excluding hydrogens is 386 g/mol. The molecule has 0 fully saturated rings. The van der Waals surface area contributed by atoms with E-state index in [0.29, 0.717) is 0 Å². The molecule has 0 aliphatic carbocycles. The summed E-state index contributed by atoms with van der Waals surface area (Å²) in [6, 6.07) is 16.9. The van der Waals surface area contributed by atoms with Crippen molar-refractivity contribution in [1.82, 2.24) is 4.72 Å². The van der Waals surface area contributed by atoms with E-state index < -0.39 is 14.9 Å². The molecule has 0 unspecified atom stereocenters. The van der Waals surface area contributed by atoms with Crippen LogP contribution in [0.15, 0.2) is 70.9 Å². The molecule has 2 aromatic carbocycles. The molecule has 0 amide bonds. The van der Waals surface area contributed by atoms with E-state index in [1.807, 2.05) is 47.8 Å². The van der Waals surface area contributed by atoms with Gasteiger partial charge in [0, 0.05) is 10.9 Å². The molecule has 0 radical (unpaired) electrons. The van der Waals surface area contributed by atoms with Crippen LogP contribution in [0.3, 0.4) is 0 Å². The minimum atomic E-state index is -3.77. The molecule has 9 heteroatoms. The van der Waals surface area contributed by atoms with Crippen LogP contribution in [0.2, 0.25) is 0 Å². The third-order valence-corrected chi connectivity index (χ3v) is 6.35. The SMILES string of the molecule is CNS(=O)(=O)c1ccc(N[C@@H](c2ccccc2)c2cccs2)c([N+](=O)[O-])c1. The van der Waals surface area contributed by atoms with Gasteiger partial charge in [0.1, 0.15) is 5.69 Å². The first-order valence-corrected chi connectivity index (χ1v) is 10.4. The van der Waals surface area contributed by atoms with Crippen molar-refractivity contribution in [1.29, 1.82) is 0 Å². The van der Waals surface area contributed by atoms with Gasteiger partial charge in [0.25, 0.3) is 5.69 Å². The van der Waals surface area contributed by atoms with Crippen LogP contribution < -0.4 is 10.0 Å². The summed E-state index contributed by atoms with van der Waals surface area (Å²) in [5.41, 5.74) is 0.891. The van der Waals surface area contributed by atoms with E-state index in [2.05, 4.69) is 10.0 Å². The van der Waals surface area contributed by atoms with Crippen molar-refractivity contribution >= 4 is 32.7 Å². The fraction of sp³-hybridized carbons (Fsp3) is 0.111. The van der Waals surface area contributed by atoms with Gasteiger partial charge in [-0.05, 0) is 36.2 Å². The van der Waals surface area contributed by atoms with Crippen LogP contribution in [0.5, 0.6) is 0 Å². The highest BCUT2D eigenvalue weighted by atomic mass is 32.2. The maximum atomic E-state index is 12.0. The molecule has 3 rings (SSSR count). The first-order valence-electron chi connectivity index (χ1n) is 7.99. The summed E-state index contributed by atoms with van der Waals surface area (Å²) in [5, 5.41) is 16.7. The van der Waals surface area contributed by atoms with Gasteiger partial charge in [0.15, 0.2) is 0 Å². The zero-order valence-corrected chi connectivity index (χ0v) is 16.0. The van der Waals surface area contributed by atoms with Gasteiger partial charge in [0.2, 0.25) is 10.0 Å². The van der Waals surface area contributed by atoms with Crippen molar-refractivity contribution in [2.24, 2.45) is 0 Å². The Labute approximate surface area is 160 Å². The number of thiophene rings is 1. The second kappa shape index (κ2) is 7.87. The highest BCUT2D eigenvalue weighted by Gasteiger charge is 2.23. The van der Waals surface area contributed by atoms with Crippen LogP contribution in [0.4, 0.5) is 11.4 Å². The Kier molecular flexibility index (Phi) is 5.54. The Morgan fingerprint density at radius 1 is 1.07 bits per heavy atom. The van der Waals surface area contributed by atoms with Crippen LogP contribution in [0.1, 0.15) is 16.5 Å². The van der Waals surface area contributed by atoms with Gasteiger partial charge in [-0.15, -0.1) is 11.3 Å². The fourth-order valence-electron chi connectivity index (χ4n) is 2.64. The predicted octanol–water partition coefficient (Wildman–Crippen LogP) is 3.77. The van der Waals surface area contributed by atoms with E-state index >= 15 is 0 Å². The van der Waals surface area contributed by atoms with Crippen LogP contribution >= 0.6 is 11.3 Å². The lowest BCUT2D eigenvalue weighted by Gasteiger charge is -2.19. The number of sulfonamides is 1. The van der Waals surface area contributed by atoms with E-state index in [1.54, 1.807) is 0 Å². The normalized spacial score (nSPS) is 12.5. The Morgan fingerprint density at radius 3 is 2.41 bits per heavy atom. The summed E-state index contributed by atoms with van der Waals surface area (Å²) < 4.78 is 26.1. The number of anilines is 1. The van der Waals surface area contributed by atoms with Crippen molar-refractivity contribution in [3.63, 3.8) is 0 Å². The van der Waals surface area contributed by atoms with Crippen molar-refractivity contribution < 1.29 is 13.3 Å². The monoisotopic (exact) mass is 403 g/mol. The largest absolute Gasteiger partial charge is 0.368 e. The Hall–Kier alpha value is -2.75. The zero-order chi connectivity index (χ0) is 19.4. The quantitative estimate of drug-likeness (QED) is 0.462. The average Bonchev–Trinajstić information content (AvgIpc) is 3.21. The first-order chi connectivity index (χ1) is 12.9. The molecule has 1 atom stereocenters. The van der Waals surface area contributed by atoms with Crippen molar-refractivity contribution in [3.8, 4) is 0 Å². The molecule has 1 heterocycles. The van der Waals surface area contributed by atoms with Gasteiger partial charge in [0.05, 0.1) is 15.9 Å². The number of hydrogen-bond donors (Lipinski definition) is 2. The van der Waals surface area contributed by atoms with Gasteiger partial charge in [-0.3, -0.25) is 10.1 Å². The van der Waals surface area contributed by atoms with E-state index in [0.717, 1.165) is 16.5 Å². The molecule has 0 aliphatic rings. The summed E-state index contributed by atoms with van der Waals surface area (Å²) in [4.78, 5) is 11.8. The predicted molar refractivity (Wildman–Crippen MR) is 106 cm³/mol. The Bertz CT molecular complexity index is 1040. The Balaban J connectivity index is 2.05. The molecule has 0 saturated carbocycles. The number of hydrogen-bond acceptors (Lipinski definition) is 6. The van der Waals surface area contributed by atoms with E-state index in [1.165, 1.54) is 30.5 Å². The highest BCUT2D eigenvalue weighted by molar-refractivity contribution is 7.89. The minimum absolute atomic E-state index is 0.158. The molecule has 27 heavy (non-hydrogen) atoms. The van der Waals surface area contributed by atoms with Crippen LogP contribution in [-0.2, 0) is 10.0 Å². The summed E-state index contributed by atoms with van der Waals surface area (Å²) in [7, 11) is -2.52. The second-order valence-corrected chi connectivity index (χ2v) is 8.51. The van der Waals surface area contributed by atoms with Crippen molar-refractivity contribution in [2.45, 2.75) is 10.9 Å². The van der Waals surface area contributed by atoms with Gasteiger partial charge in [-0.1, -0.05) is 36.4 Å². The van der Waals surface area contributed by atoms with Crippen molar-refractivity contribution in [3.05, 3.63) is 86.6 Å². The fourth-order valence-corrected chi connectivity index (χ4v) is 4.20. The summed E-state index contributed by atoms with van der Waals surface area (Å²) in [6.07, 6.45) is 0. The smallest absolute Gasteiger partial charge is 0.293 e. The van der Waals surface area contributed by atoms with Crippen LogP contribution in [0.25, 0.3) is 0 Å². The van der Waals surface area contributed by atoms with E-state index in [-0.39, 0.29) is 22.3 Å². The molecule has 0 spiro atoms. The molecule has 140 valence electrons. The average molecular weight is 403 g/mol. The van der Waals surface area contributed by atoms with Crippen LogP contribution in [0, 0.1) is 10.1 Å². The topological polar surface area (TPSA) is 101 Å². The van der Waals surface area contributed by atoms with E-state index in [4.69, 9.17) is 0 Å². The number of benzene rings is 2. The number of nitro benzene ring substituents is 1. The third-order valence-electron chi connectivity index (χ3n) is 4.01. The molecular formula is C18H17N3O4S2. The molecule has 0 saturated heterocycles. The molecule has 3 aromatic rings. The van der Waals surface area contributed by atoms with Gasteiger partial charge in [-0.25, -0.2) is 13.1 Å². The molecule has 0 bridgehead atoms. The second-order valence-electron chi connectivity index (χ2n) is 5.65. The number of nitrogens with zero attached hydrogens (tertiary/aromatic N) is 1. The lowest BCUT2D eigenvalue weighted by molar-refractivity contribution is -0.384. The molecule has 1 aromatic heterocycles. The Morgan fingerprint density at radius 2 is 1.81 bits per heavy atom. The van der Waals surface area contributed by atoms with Crippen molar-refractivity contribution in [2.75, 3.05) is 12.4 Å². The standard InChI is InChI=1S/C18H17N3O4S2/c1-19-27(24,25)14-9-10-15(16(12-14)21(22)23)20-18(17-8-5-11-26-17)13-6-3-2-4-7-13/h2-12,18-20H,1H3/t18-/m0/s1. The highest BCUT2D eigenvalue weighted by Crippen LogP contribution is 2.34. The summed E-state index contributed by atoms with van der Waals surface area (Å²) in [5.74, 6) is 0. The maximum Gasteiger partial charge on any atom is 0.293 e. The minimum Gasteiger partial charge on any atom is -0.368 e. The maximum absolute atomic E-state index is 12.0. The lowest BCUT2D eigenvalue weighted by Crippen LogP contribution is -2.19. The van der Waals surface area contributed by atoms with Crippen LogP contribution in [-0.4, -0.2) is 20.4 Å². The number of nitro groups is 1. The molecule has 7 nitrogen and oxygen atoms in total. The van der Waals surface area contributed by atoms with Gasteiger partial charge < -0.3 is 5.32 Å². The third kappa shape index (κ3) is 4.16. The zero-order valence-electron chi connectivity index (χ0n) is 14.3. The number of nitrogens with one attached hydrogen (secondary N) is 2. The molecule has 2 N–H and O–H groups in total. The first kappa shape index (κ1) is 19.0. The van der Waals surface area contributed by atoms with E-state index in [9.17, 15) is 18.5 Å². The lowest BCUT2D eigenvalue weighted by atomic mass is 10.0. The van der Waals surface area contributed by atoms with Gasteiger partial charge in [-0.2, -0.15) is 0 Å². The summed E-state index contributed by atoms with van der Waals surface area (Å²) >= 11 is 1.53. The number of rotatable bonds is 7. The summed E-state index contributed by atoms with van der Waals surface area (Å²) in [6.45, 7) is 0. The molecule has 0 aliphatic heterocycles. The van der Waals surface area contributed by atoms with Gasteiger partial charge >= 0.3 is 0 Å².